The fraction of sp³-hybridized carbons (Fsp3) is 0.400. The second kappa shape index (κ2) is 12.8. The van der Waals surface area contributed by atoms with Gasteiger partial charge in [0.2, 0.25) is 5.91 Å². The number of rotatable bonds is 5. The molecule has 0 unspecified atom stereocenters. The van der Waals surface area contributed by atoms with Crippen LogP contribution in [0, 0.1) is 6.92 Å². The number of aromatic amines is 1. The van der Waals surface area contributed by atoms with Gasteiger partial charge in [0, 0.05) is 55.9 Å². The van der Waals surface area contributed by atoms with Crippen LogP contribution in [0.1, 0.15) is 46.3 Å². The number of ether oxygens (including phenoxy) is 3. The Labute approximate surface area is 238 Å². The topological polar surface area (TPSA) is 135 Å². The normalized spacial score (nSPS) is 19.2. The van der Waals surface area contributed by atoms with Gasteiger partial charge in [-0.15, -0.1) is 0 Å². The standard InChI is InChI=1S/C30H35N5O6/c1-19-6-7-21-12-26(19)40-18-28(36)31-16-22-8-9-23(13-27(22)39-2)41-25-10-11-35(17-24(25)34-30(21)38)29(37)5-3-4-20-14-32-33-15-20/h6-9,12-15,24-25H,3-5,10-11,16-18H2,1-2H3,(H,31,36)(H,32,33)(H,34,38)/t24-,25+/m0/s1. The Morgan fingerprint density at radius 3 is 2.88 bits per heavy atom. The molecule has 3 aliphatic rings. The Bertz CT molecular complexity index is 1390. The lowest BCUT2D eigenvalue weighted by molar-refractivity contribution is -0.133. The van der Waals surface area contributed by atoms with Crippen LogP contribution in [0.25, 0.3) is 0 Å². The Morgan fingerprint density at radius 2 is 2.07 bits per heavy atom. The van der Waals surface area contributed by atoms with Gasteiger partial charge >= 0.3 is 0 Å². The van der Waals surface area contributed by atoms with E-state index in [-0.39, 0.29) is 37.0 Å². The highest BCUT2D eigenvalue weighted by atomic mass is 16.5. The smallest absolute Gasteiger partial charge is 0.258 e. The first-order valence-electron chi connectivity index (χ1n) is 13.8. The van der Waals surface area contributed by atoms with Gasteiger partial charge in [-0.25, -0.2) is 0 Å². The number of hydrogen-bond donors (Lipinski definition) is 3. The summed E-state index contributed by atoms with van der Waals surface area (Å²) in [7, 11) is 1.56. The molecular weight excluding hydrogens is 526 g/mol. The molecule has 3 amide bonds. The SMILES string of the molecule is COc1cc2ccc1CNC(=O)COc1cc(ccc1C)C(=O)N[C@H]1CN(C(=O)CCCc3cn[nH]c3)CC[C@H]1O2. The zero-order valence-corrected chi connectivity index (χ0v) is 23.3. The van der Waals surface area contributed by atoms with Gasteiger partial charge in [-0.1, -0.05) is 6.07 Å². The third-order valence-electron chi connectivity index (χ3n) is 7.46. The number of H-pyrrole nitrogens is 1. The molecule has 4 heterocycles. The molecule has 0 radical (unpaired) electrons. The fourth-order valence-electron chi connectivity index (χ4n) is 5.11. The summed E-state index contributed by atoms with van der Waals surface area (Å²) >= 11 is 0. The molecule has 11 nitrogen and oxygen atoms in total. The van der Waals surface area contributed by atoms with Gasteiger partial charge in [-0.05, 0) is 55.2 Å². The minimum absolute atomic E-state index is 0.0406. The minimum atomic E-state index is -0.454. The number of carbonyl (C=O) groups is 3. The van der Waals surface area contributed by atoms with Gasteiger partial charge in [0.05, 0.1) is 19.3 Å². The number of fused-ring (bicyclic) bond motifs is 7. The van der Waals surface area contributed by atoms with Crippen LogP contribution in [-0.2, 0) is 22.6 Å². The van der Waals surface area contributed by atoms with E-state index in [9.17, 15) is 14.4 Å². The van der Waals surface area contributed by atoms with Crippen molar-refractivity contribution < 1.29 is 28.6 Å². The maximum atomic E-state index is 13.4. The molecule has 216 valence electrons. The number of nitrogens with zero attached hydrogens (tertiary/aromatic N) is 2. The summed E-state index contributed by atoms with van der Waals surface area (Å²) in [4.78, 5) is 40.8. The molecule has 2 atom stereocenters. The number of amides is 3. The number of hydrogen-bond acceptors (Lipinski definition) is 7. The number of aromatic nitrogens is 2. The average Bonchev–Trinajstić information content (AvgIpc) is 3.50. The highest BCUT2D eigenvalue weighted by Crippen LogP contribution is 2.28. The van der Waals surface area contributed by atoms with E-state index in [4.69, 9.17) is 14.2 Å². The Balaban J connectivity index is 1.37. The summed E-state index contributed by atoms with van der Waals surface area (Å²) in [5.41, 5.74) is 3.04. The maximum absolute atomic E-state index is 13.4. The molecule has 4 bridgehead atoms. The summed E-state index contributed by atoms with van der Waals surface area (Å²) in [6.45, 7) is 2.76. The van der Waals surface area contributed by atoms with E-state index in [1.54, 1.807) is 42.5 Å². The van der Waals surface area contributed by atoms with E-state index in [1.165, 1.54) is 0 Å². The van der Waals surface area contributed by atoms with E-state index >= 15 is 0 Å². The lowest BCUT2D eigenvalue weighted by atomic mass is 10.00. The fourth-order valence-corrected chi connectivity index (χ4v) is 5.11. The quantitative estimate of drug-likeness (QED) is 0.436. The van der Waals surface area contributed by atoms with Gasteiger partial charge in [0.25, 0.3) is 11.8 Å². The van der Waals surface area contributed by atoms with Crippen molar-refractivity contribution in [3.63, 3.8) is 0 Å². The molecule has 2 aromatic carbocycles. The summed E-state index contributed by atoms with van der Waals surface area (Å²) in [5, 5.41) is 12.7. The van der Waals surface area contributed by atoms with Crippen molar-refractivity contribution >= 4 is 17.7 Å². The van der Waals surface area contributed by atoms with Crippen molar-refractivity contribution in [3.8, 4) is 17.2 Å². The first-order valence-corrected chi connectivity index (χ1v) is 13.8. The van der Waals surface area contributed by atoms with Crippen LogP contribution in [0.3, 0.4) is 0 Å². The molecule has 0 saturated carbocycles. The number of likely N-dealkylation sites (tertiary alicyclic amines) is 1. The molecule has 11 heteroatoms. The summed E-state index contributed by atoms with van der Waals surface area (Å²) < 4.78 is 17.7. The largest absolute Gasteiger partial charge is 0.496 e. The third kappa shape index (κ3) is 6.97. The van der Waals surface area contributed by atoms with Gasteiger partial charge < -0.3 is 29.7 Å². The summed E-state index contributed by atoms with van der Waals surface area (Å²) in [6.07, 6.45) is 5.64. The molecule has 0 aliphatic carbocycles. The number of benzene rings is 2. The Kier molecular flexibility index (Phi) is 8.71. The van der Waals surface area contributed by atoms with Crippen LogP contribution in [0.2, 0.25) is 0 Å². The predicted octanol–water partition coefficient (Wildman–Crippen LogP) is 2.54. The number of carbonyl (C=O) groups excluding carboxylic acids is 3. The first-order chi connectivity index (χ1) is 19.9. The molecule has 1 aromatic heterocycles. The highest BCUT2D eigenvalue weighted by molar-refractivity contribution is 5.95. The molecule has 41 heavy (non-hydrogen) atoms. The molecule has 1 saturated heterocycles. The predicted molar refractivity (Wildman–Crippen MR) is 150 cm³/mol. The minimum Gasteiger partial charge on any atom is -0.496 e. The first kappa shape index (κ1) is 28.0. The van der Waals surface area contributed by atoms with Crippen molar-refractivity contribution in [2.24, 2.45) is 0 Å². The number of piperidine rings is 1. The van der Waals surface area contributed by atoms with Crippen LogP contribution in [0.4, 0.5) is 0 Å². The van der Waals surface area contributed by atoms with Crippen molar-refractivity contribution in [2.45, 2.75) is 51.3 Å². The van der Waals surface area contributed by atoms with Gasteiger partial charge in [0.15, 0.2) is 6.61 Å². The van der Waals surface area contributed by atoms with E-state index < -0.39 is 6.04 Å². The number of aryl methyl sites for hydroxylation is 2. The third-order valence-corrected chi connectivity index (χ3v) is 7.46. The lowest BCUT2D eigenvalue weighted by Gasteiger charge is -2.39. The summed E-state index contributed by atoms with van der Waals surface area (Å²) in [6, 6.07) is 10.1. The second-order valence-electron chi connectivity index (χ2n) is 10.3. The van der Waals surface area contributed by atoms with Crippen molar-refractivity contribution in [2.75, 3.05) is 26.8 Å². The van der Waals surface area contributed by atoms with Crippen LogP contribution in [0.5, 0.6) is 17.2 Å². The van der Waals surface area contributed by atoms with Crippen molar-refractivity contribution in [1.82, 2.24) is 25.7 Å². The van der Waals surface area contributed by atoms with Crippen molar-refractivity contribution in [1.29, 1.82) is 0 Å². The molecule has 6 rings (SSSR count). The zero-order chi connectivity index (χ0) is 28.8. The van der Waals surface area contributed by atoms with Crippen molar-refractivity contribution in [3.05, 3.63) is 71.0 Å². The molecular formula is C30H35N5O6. The monoisotopic (exact) mass is 561 g/mol. The van der Waals surface area contributed by atoms with E-state index in [0.717, 1.165) is 23.1 Å². The van der Waals surface area contributed by atoms with E-state index in [2.05, 4.69) is 20.8 Å². The van der Waals surface area contributed by atoms with Gasteiger partial charge in [-0.3, -0.25) is 19.5 Å². The second-order valence-corrected chi connectivity index (χ2v) is 10.3. The molecule has 1 fully saturated rings. The molecule has 0 spiro atoms. The van der Waals surface area contributed by atoms with Crippen LogP contribution >= 0.6 is 0 Å². The van der Waals surface area contributed by atoms with E-state index in [1.807, 2.05) is 25.3 Å². The number of methoxy groups -OCH3 is 1. The van der Waals surface area contributed by atoms with Crippen LogP contribution < -0.4 is 24.8 Å². The molecule has 3 aromatic rings. The Hall–Kier alpha value is -4.54. The van der Waals surface area contributed by atoms with Gasteiger partial charge in [-0.2, -0.15) is 5.10 Å². The lowest BCUT2D eigenvalue weighted by Crippen LogP contribution is -2.58. The van der Waals surface area contributed by atoms with E-state index in [0.29, 0.717) is 55.2 Å². The van der Waals surface area contributed by atoms with Crippen LogP contribution in [-0.4, -0.2) is 71.8 Å². The average molecular weight is 562 g/mol. The molecule has 3 N–H and O–H groups in total. The Morgan fingerprint density at radius 1 is 1.20 bits per heavy atom. The number of nitrogens with one attached hydrogen (secondary N) is 3. The maximum Gasteiger partial charge on any atom is 0.258 e. The van der Waals surface area contributed by atoms with Crippen LogP contribution in [0.15, 0.2) is 48.8 Å². The molecule has 3 aliphatic heterocycles. The zero-order valence-electron chi connectivity index (χ0n) is 23.3. The highest BCUT2D eigenvalue weighted by Gasteiger charge is 2.34. The van der Waals surface area contributed by atoms with Gasteiger partial charge in [0.1, 0.15) is 23.4 Å². The summed E-state index contributed by atoms with van der Waals surface area (Å²) in [5.74, 6) is 1.02.